The molecule has 1 unspecified atom stereocenters. The van der Waals surface area contributed by atoms with Gasteiger partial charge in [-0.3, -0.25) is 9.88 Å². The van der Waals surface area contributed by atoms with Crippen molar-refractivity contribution in [1.82, 2.24) is 14.9 Å². The van der Waals surface area contributed by atoms with E-state index in [-0.39, 0.29) is 6.54 Å². The number of amides is 1. The molecule has 2 aromatic heterocycles. The standard InChI is InChI=1S/C25H28N4O6/c1-28(10-8-16-7-9-26-18-4-6-23(32-2)27-24(16)18)14-19(30)22-15-29(25(31)35-22)17-3-5-20-21(13-17)34-12-11-33-20/h3-7,9,13,19,22,30H,8,10-12,14-15H2,1-2H3/t19-,22?/m0/s1. The number of pyridine rings is 2. The summed E-state index contributed by atoms with van der Waals surface area (Å²) >= 11 is 0. The molecule has 0 bridgehead atoms. The van der Waals surface area contributed by atoms with Crippen molar-refractivity contribution in [3.63, 3.8) is 0 Å². The number of hydrogen-bond acceptors (Lipinski definition) is 9. The fraction of sp³-hybridized carbons (Fsp3) is 0.400. The number of carbonyl (C=O) groups is 1. The first-order valence-electron chi connectivity index (χ1n) is 11.5. The molecule has 5 rings (SSSR count). The molecule has 1 fully saturated rings. The largest absolute Gasteiger partial charge is 0.486 e. The summed E-state index contributed by atoms with van der Waals surface area (Å²) in [5.41, 5.74) is 3.31. The fourth-order valence-corrected chi connectivity index (χ4v) is 4.31. The number of aromatic nitrogens is 2. The van der Waals surface area contributed by atoms with Gasteiger partial charge in [0, 0.05) is 31.4 Å². The van der Waals surface area contributed by atoms with Crippen molar-refractivity contribution < 1.29 is 28.8 Å². The van der Waals surface area contributed by atoms with E-state index in [9.17, 15) is 9.90 Å². The van der Waals surface area contributed by atoms with Crippen molar-refractivity contribution in [2.45, 2.75) is 18.6 Å². The number of ether oxygens (including phenoxy) is 4. The number of anilines is 1. The minimum absolute atomic E-state index is 0.256. The van der Waals surface area contributed by atoms with E-state index in [1.54, 1.807) is 37.6 Å². The number of nitrogens with zero attached hydrogens (tertiary/aromatic N) is 4. The van der Waals surface area contributed by atoms with E-state index in [1.165, 1.54) is 4.90 Å². The highest BCUT2D eigenvalue weighted by Crippen LogP contribution is 2.35. The first kappa shape index (κ1) is 23.1. The molecule has 1 N–H and O–H groups in total. The molecule has 35 heavy (non-hydrogen) atoms. The number of aliphatic hydroxyl groups is 1. The number of likely N-dealkylation sites (N-methyl/N-ethyl adjacent to an activating group) is 1. The van der Waals surface area contributed by atoms with Crippen molar-refractivity contribution in [2.75, 3.05) is 51.9 Å². The molecule has 2 aliphatic heterocycles. The van der Waals surface area contributed by atoms with Crippen LogP contribution in [-0.2, 0) is 11.2 Å². The second-order valence-corrected chi connectivity index (χ2v) is 8.63. The Morgan fingerprint density at radius 2 is 2.03 bits per heavy atom. The molecule has 10 nitrogen and oxygen atoms in total. The highest BCUT2D eigenvalue weighted by atomic mass is 16.6. The molecule has 2 aliphatic rings. The number of methoxy groups -OCH3 is 1. The molecule has 10 heteroatoms. The quantitative estimate of drug-likeness (QED) is 0.520. The third-order valence-electron chi connectivity index (χ3n) is 6.21. The lowest BCUT2D eigenvalue weighted by molar-refractivity contribution is 0.0152. The lowest BCUT2D eigenvalue weighted by atomic mass is 10.1. The van der Waals surface area contributed by atoms with Crippen LogP contribution in [0.3, 0.4) is 0 Å². The number of aliphatic hydroxyl groups excluding tert-OH is 1. The maximum absolute atomic E-state index is 12.5. The van der Waals surface area contributed by atoms with Gasteiger partial charge in [-0.25, -0.2) is 9.78 Å². The Labute approximate surface area is 203 Å². The maximum Gasteiger partial charge on any atom is 0.414 e. The lowest BCUT2D eigenvalue weighted by Gasteiger charge is -2.23. The van der Waals surface area contributed by atoms with Gasteiger partial charge in [-0.2, -0.15) is 0 Å². The molecule has 0 radical (unpaired) electrons. The Bertz CT molecular complexity index is 1220. The normalized spacial score (nSPS) is 18.1. The Morgan fingerprint density at radius 3 is 2.86 bits per heavy atom. The van der Waals surface area contributed by atoms with Crippen LogP contribution in [0.1, 0.15) is 5.56 Å². The van der Waals surface area contributed by atoms with Gasteiger partial charge in [-0.15, -0.1) is 0 Å². The summed E-state index contributed by atoms with van der Waals surface area (Å²) in [5.74, 6) is 1.79. The summed E-state index contributed by atoms with van der Waals surface area (Å²) in [6, 6.07) is 11.0. The summed E-state index contributed by atoms with van der Waals surface area (Å²) in [5, 5.41) is 10.8. The SMILES string of the molecule is COc1ccc2nccc(CCN(C)C[C@H](O)C3CN(c4ccc5c(c4)OCCO5)C(=O)O3)c2n1. The van der Waals surface area contributed by atoms with Crippen molar-refractivity contribution in [3.05, 3.63) is 48.2 Å². The molecule has 2 atom stereocenters. The monoisotopic (exact) mass is 480 g/mol. The second-order valence-electron chi connectivity index (χ2n) is 8.63. The molecule has 0 aliphatic carbocycles. The van der Waals surface area contributed by atoms with Crippen LogP contribution in [0.5, 0.6) is 17.4 Å². The Balaban J connectivity index is 1.18. The van der Waals surface area contributed by atoms with E-state index >= 15 is 0 Å². The first-order valence-corrected chi connectivity index (χ1v) is 11.5. The molecule has 1 amide bonds. The number of fused-ring (bicyclic) bond motifs is 2. The molecule has 1 aromatic carbocycles. The van der Waals surface area contributed by atoms with Gasteiger partial charge in [0.2, 0.25) is 5.88 Å². The van der Waals surface area contributed by atoms with Gasteiger partial charge in [0.1, 0.15) is 25.4 Å². The predicted molar refractivity (Wildman–Crippen MR) is 128 cm³/mol. The molecular formula is C25H28N4O6. The molecule has 3 aromatic rings. The highest BCUT2D eigenvalue weighted by Gasteiger charge is 2.37. The third-order valence-corrected chi connectivity index (χ3v) is 6.21. The molecule has 4 heterocycles. The van der Waals surface area contributed by atoms with Crippen LogP contribution >= 0.6 is 0 Å². The van der Waals surface area contributed by atoms with Crippen LogP contribution in [-0.4, -0.2) is 85.3 Å². The first-order chi connectivity index (χ1) is 17.0. The topological polar surface area (TPSA) is 106 Å². The molecule has 0 saturated carbocycles. The van der Waals surface area contributed by atoms with Gasteiger partial charge in [0.05, 0.1) is 30.4 Å². The Hall–Kier alpha value is -3.63. The van der Waals surface area contributed by atoms with Crippen LogP contribution in [0, 0.1) is 0 Å². The van der Waals surface area contributed by atoms with E-state index < -0.39 is 18.3 Å². The summed E-state index contributed by atoms with van der Waals surface area (Å²) in [6.45, 7) is 2.26. The number of cyclic esters (lactones) is 1. The Kier molecular flexibility index (Phi) is 6.56. The van der Waals surface area contributed by atoms with E-state index in [1.807, 2.05) is 24.1 Å². The van der Waals surface area contributed by atoms with Crippen molar-refractivity contribution in [2.24, 2.45) is 0 Å². The molecule has 184 valence electrons. The molecule has 1 saturated heterocycles. The lowest BCUT2D eigenvalue weighted by Crippen LogP contribution is -2.40. The van der Waals surface area contributed by atoms with E-state index in [4.69, 9.17) is 18.9 Å². The second kappa shape index (κ2) is 9.93. The number of benzene rings is 1. The van der Waals surface area contributed by atoms with Crippen molar-refractivity contribution in [3.8, 4) is 17.4 Å². The van der Waals surface area contributed by atoms with Crippen LogP contribution in [0.25, 0.3) is 11.0 Å². The minimum atomic E-state index is -0.835. The average Bonchev–Trinajstić information content (AvgIpc) is 3.28. The molecular weight excluding hydrogens is 452 g/mol. The zero-order chi connectivity index (χ0) is 24.4. The number of carbonyl (C=O) groups excluding carboxylic acids is 1. The fourth-order valence-electron chi connectivity index (χ4n) is 4.31. The molecule has 0 spiro atoms. The zero-order valence-electron chi connectivity index (χ0n) is 19.7. The minimum Gasteiger partial charge on any atom is -0.486 e. The van der Waals surface area contributed by atoms with Gasteiger partial charge in [0.25, 0.3) is 0 Å². The van der Waals surface area contributed by atoms with Crippen LogP contribution in [0.2, 0.25) is 0 Å². The van der Waals surface area contributed by atoms with E-state index in [0.29, 0.717) is 49.4 Å². The van der Waals surface area contributed by atoms with Gasteiger partial charge in [0.15, 0.2) is 11.5 Å². The van der Waals surface area contributed by atoms with Crippen molar-refractivity contribution >= 4 is 22.8 Å². The Morgan fingerprint density at radius 1 is 1.20 bits per heavy atom. The number of rotatable bonds is 8. The highest BCUT2D eigenvalue weighted by molar-refractivity contribution is 5.90. The van der Waals surface area contributed by atoms with Gasteiger partial charge >= 0.3 is 6.09 Å². The van der Waals surface area contributed by atoms with E-state index in [0.717, 1.165) is 23.0 Å². The summed E-state index contributed by atoms with van der Waals surface area (Å²) in [7, 11) is 3.51. The summed E-state index contributed by atoms with van der Waals surface area (Å²) in [6.07, 6.45) is 0.530. The number of hydrogen-bond donors (Lipinski definition) is 1. The van der Waals surface area contributed by atoms with E-state index in [2.05, 4.69) is 9.97 Å². The third kappa shape index (κ3) is 4.94. The average molecular weight is 481 g/mol. The predicted octanol–water partition coefficient (Wildman–Crippen LogP) is 2.27. The van der Waals surface area contributed by atoms with Gasteiger partial charge in [-0.05, 0) is 43.3 Å². The smallest absolute Gasteiger partial charge is 0.414 e. The van der Waals surface area contributed by atoms with Gasteiger partial charge in [-0.1, -0.05) is 0 Å². The van der Waals surface area contributed by atoms with Crippen LogP contribution in [0.15, 0.2) is 42.6 Å². The maximum atomic E-state index is 12.5. The summed E-state index contributed by atoms with van der Waals surface area (Å²) < 4.78 is 21.9. The van der Waals surface area contributed by atoms with Crippen LogP contribution in [0.4, 0.5) is 10.5 Å². The summed E-state index contributed by atoms with van der Waals surface area (Å²) in [4.78, 5) is 24.9. The zero-order valence-corrected chi connectivity index (χ0v) is 19.7. The van der Waals surface area contributed by atoms with Crippen molar-refractivity contribution in [1.29, 1.82) is 0 Å². The van der Waals surface area contributed by atoms with Gasteiger partial charge < -0.3 is 29.0 Å². The van der Waals surface area contributed by atoms with Crippen LogP contribution < -0.4 is 19.1 Å².